The van der Waals surface area contributed by atoms with E-state index in [1.807, 2.05) is 71.3 Å². The molecule has 3 amide bonds. The first-order valence-corrected chi connectivity index (χ1v) is 22.2. The highest BCUT2D eigenvalue weighted by Crippen LogP contribution is 2.33. The molecule has 0 aliphatic carbocycles. The smallest absolute Gasteiger partial charge is 0.320 e. The summed E-state index contributed by atoms with van der Waals surface area (Å²) in [4.78, 5) is 58.4. The highest BCUT2D eigenvalue weighted by molar-refractivity contribution is 7.89. The average Bonchev–Trinajstić information content (AvgIpc) is 3.27. The number of rotatable bonds is 13. The molecule has 1 aromatic heterocycles. The third kappa shape index (κ3) is 10.9. The van der Waals surface area contributed by atoms with E-state index in [1.54, 1.807) is 23.1 Å². The van der Waals surface area contributed by atoms with Crippen molar-refractivity contribution in [1.29, 1.82) is 0 Å². The molecule has 61 heavy (non-hydrogen) atoms. The predicted molar refractivity (Wildman–Crippen MR) is 236 cm³/mol. The molecule has 4 aromatic rings. The number of carbonyl (C=O) groups excluding carboxylic acids is 3. The van der Waals surface area contributed by atoms with Crippen LogP contribution in [0.2, 0.25) is 0 Å². The zero-order chi connectivity index (χ0) is 42.9. The molecule has 4 heterocycles. The van der Waals surface area contributed by atoms with Crippen LogP contribution in [0.4, 0.5) is 27.7 Å². The first-order chi connectivity index (χ1) is 29.5. The van der Waals surface area contributed by atoms with Gasteiger partial charge in [-0.2, -0.15) is 0 Å². The van der Waals surface area contributed by atoms with Crippen LogP contribution < -0.4 is 24.6 Å². The summed E-state index contributed by atoms with van der Waals surface area (Å²) in [7, 11) is 1.52. The topological polar surface area (TPSA) is 164 Å². The van der Waals surface area contributed by atoms with Crippen LogP contribution in [0.25, 0.3) is 10.9 Å². The molecule has 322 valence electrons. The van der Waals surface area contributed by atoms with E-state index in [2.05, 4.69) is 41.6 Å². The number of urea groups is 1. The Morgan fingerprint density at radius 2 is 1.56 bits per heavy atom. The first kappa shape index (κ1) is 43.3. The van der Waals surface area contributed by atoms with Gasteiger partial charge in [0.05, 0.1) is 34.8 Å². The summed E-state index contributed by atoms with van der Waals surface area (Å²) < 4.78 is 33.5. The number of ether oxygens (including phenoxy) is 1. The third-order valence-corrected chi connectivity index (χ3v) is 12.7. The fourth-order valence-electron chi connectivity index (χ4n) is 7.74. The Bertz CT molecular complexity index is 2390. The summed E-state index contributed by atoms with van der Waals surface area (Å²) in [6.07, 6.45) is 3.42. The van der Waals surface area contributed by atoms with Crippen LogP contribution in [-0.2, 0) is 19.6 Å². The molecular formula is C44H54N10O6S. The fourth-order valence-corrected chi connectivity index (χ4v) is 8.49. The summed E-state index contributed by atoms with van der Waals surface area (Å²) in [5.41, 5.74) is 3.78. The van der Waals surface area contributed by atoms with Crippen molar-refractivity contribution < 1.29 is 27.5 Å². The number of piperidine rings is 1. The van der Waals surface area contributed by atoms with Crippen molar-refractivity contribution in [3.8, 4) is 17.6 Å². The zero-order valence-corrected chi connectivity index (χ0v) is 35.9. The van der Waals surface area contributed by atoms with Gasteiger partial charge in [0.25, 0.3) is 0 Å². The molecule has 3 aliphatic rings. The van der Waals surface area contributed by atoms with Crippen molar-refractivity contribution in [2.24, 2.45) is 0 Å². The van der Waals surface area contributed by atoms with Crippen molar-refractivity contribution >= 4 is 61.5 Å². The number of hydrogen-bond acceptors (Lipinski definition) is 12. The van der Waals surface area contributed by atoms with Gasteiger partial charge in [-0.05, 0) is 68.1 Å². The number of amides is 3. The van der Waals surface area contributed by atoms with Crippen LogP contribution in [0.15, 0.2) is 71.9 Å². The Hall–Kier alpha value is -5.80. The maximum atomic E-state index is 13.4. The number of fused-ring (bicyclic) bond motifs is 1. The molecule has 0 radical (unpaired) electrons. The van der Waals surface area contributed by atoms with E-state index in [-0.39, 0.29) is 29.0 Å². The number of piperazine rings is 2. The van der Waals surface area contributed by atoms with Gasteiger partial charge in [-0.3, -0.25) is 19.4 Å². The number of hydrogen-bond donors (Lipinski definition) is 2. The molecule has 0 saturated carbocycles. The molecule has 0 unspecified atom stereocenters. The summed E-state index contributed by atoms with van der Waals surface area (Å²) in [6, 6.07) is 18.3. The van der Waals surface area contributed by atoms with E-state index in [0.717, 1.165) is 74.4 Å². The molecule has 17 heteroatoms. The lowest BCUT2D eigenvalue weighted by atomic mass is 10.1. The van der Waals surface area contributed by atoms with Crippen LogP contribution >= 0.6 is 0 Å². The molecule has 0 spiro atoms. The predicted octanol–water partition coefficient (Wildman–Crippen LogP) is 3.61. The van der Waals surface area contributed by atoms with E-state index in [0.29, 0.717) is 68.5 Å². The van der Waals surface area contributed by atoms with E-state index in [1.165, 1.54) is 13.4 Å². The summed E-state index contributed by atoms with van der Waals surface area (Å²) in [5.74, 6) is 7.58. The molecule has 3 saturated heterocycles. The van der Waals surface area contributed by atoms with Crippen molar-refractivity contribution in [2.75, 3.05) is 115 Å². The molecule has 3 aromatic carbocycles. The molecular weight excluding hydrogens is 797 g/mol. The number of Topliss-reactive ketones (excluding diaryl/α,β-unsaturated/α-hetero) is 1. The minimum atomic E-state index is -3.64. The molecule has 0 bridgehead atoms. The van der Waals surface area contributed by atoms with Gasteiger partial charge >= 0.3 is 6.03 Å². The number of benzene rings is 3. The number of anilines is 4. The summed E-state index contributed by atoms with van der Waals surface area (Å²) in [5, 5.41) is 4.09. The molecule has 3 fully saturated rings. The van der Waals surface area contributed by atoms with E-state index in [9.17, 15) is 22.8 Å². The zero-order valence-electron chi connectivity index (χ0n) is 35.1. The Morgan fingerprint density at radius 1 is 0.852 bits per heavy atom. The van der Waals surface area contributed by atoms with Crippen molar-refractivity contribution in [3.63, 3.8) is 0 Å². The number of aromatic nitrogens is 2. The largest absolute Gasteiger partial charge is 0.493 e. The second-order valence-corrected chi connectivity index (χ2v) is 17.4. The van der Waals surface area contributed by atoms with Crippen molar-refractivity contribution in [3.05, 3.63) is 72.6 Å². The Labute approximate surface area is 357 Å². The van der Waals surface area contributed by atoms with Crippen molar-refractivity contribution in [1.82, 2.24) is 34.3 Å². The number of carbonyl (C=O) groups is 3. The van der Waals surface area contributed by atoms with Crippen LogP contribution in [0.1, 0.15) is 31.2 Å². The average molecular weight is 851 g/mol. The molecule has 0 atom stereocenters. The van der Waals surface area contributed by atoms with Gasteiger partial charge in [0.1, 0.15) is 23.7 Å². The maximum Gasteiger partial charge on any atom is 0.320 e. The van der Waals surface area contributed by atoms with Crippen molar-refractivity contribution in [2.45, 2.75) is 30.6 Å². The van der Waals surface area contributed by atoms with Gasteiger partial charge in [0.15, 0.2) is 0 Å². The monoisotopic (exact) mass is 850 g/mol. The van der Waals surface area contributed by atoms with Crippen LogP contribution in [0, 0.1) is 11.8 Å². The van der Waals surface area contributed by atoms with Gasteiger partial charge in [0, 0.05) is 122 Å². The molecule has 7 rings (SSSR count). The number of nitrogens with one attached hydrogen (secondary N) is 2. The minimum absolute atomic E-state index is 0.00151. The van der Waals surface area contributed by atoms with E-state index in [4.69, 9.17) is 4.74 Å². The maximum absolute atomic E-state index is 13.4. The van der Waals surface area contributed by atoms with Gasteiger partial charge in [-0.25, -0.2) is 27.9 Å². The van der Waals surface area contributed by atoms with E-state index >= 15 is 0 Å². The lowest BCUT2D eigenvalue weighted by Crippen LogP contribution is -2.56. The standard InChI is InChI=1S/C44H54N10O6S/c1-45-61(58,59)37-13-15-41(49(2)3)40(31-37)48-43-38-14-12-36(30-39(38)46-32-47-43)60-28-6-18-51-22-26-53(27-23-51)44(57)52-24-20-50(21-25-52)17-5-4-7-33-8-10-34(11-9-33)54-19-16-35(55)29-42(54)56/h8-15,30-32,45H,5-6,16-29H2,1-3H3,(H,46,47,48). The highest BCUT2D eigenvalue weighted by Gasteiger charge is 2.28. The lowest BCUT2D eigenvalue weighted by molar-refractivity contribution is -0.128. The van der Waals surface area contributed by atoms with Crippen LogP contribution in [0.3, 0.4) is 0 Å². The first-order valence-electron chi connectivity index (χ1n) is 20.8. The van der Waals surface area contributed by atoms with Gasteiger partial charge in [-0.1, -0.05) is 11.8 Å². The SMILES string of the molecule is CNS(=O)(=O)c1ccc(N(C)C)c(Nc2ncnc3cc(OCCCN4CCN(C(=O)N5CCN(CCC#Cc6ccc(N7CCC(=O)CC7=O)cc6)CC5)CC4)ccc23)c1. The third-order valence-electron chi connectivity index (χ3n) is 11.3. The second-order valence-electron chi connectivity index (χ2n) is 15.6. The Balaban J connectivity index is 0.798. The van der Waals surface area contributed by atoms with Gasteiger partial charge in [-0.15, -0.1) is 0 Å². The van der Waals surface area contributed by atoms with Crippen LogP contribution in [-0.4, -0.2) is 155 Å². The molecule has 3 aliphatic heterocycles. The molecule has 16 nitrogen and oxygen atoms in total. The number of sulfonamides is 1. The summed E-state index contributed by atoms with van der Waals surface area (Å²) in [6.45, 7) is 8.82. The summed E-state index contributed by atoms with van der Waals surface area (Å²) >= 11 is 0. The minimum Gasteiger partial charge on any atom is -0.493 e. The normalized spacial score (nSPS) is 16.7. The Morgan fingerprint density at radius 3 is 2.23 bits per heavy atom. The van der Waals surface area contributed by atoms with Gasteiger partial charge < -0.3 is 29.7 Å². The molecule has 2 N–H and O–H groups in total. The van der Waals surface area contributed by atoms with Gasteiger partial charge in [0.2, 0.25) is 15.9 Å². The second kappa shape index (κ2) is 19.7. The fraction of sp³-hybridized carbons (Fsp3) is 0.432. The number of ketones is 1. The van der Waals surface area contributed by atoms with E-state index < -0.39 is 10.0 Å². The lowest BCUT2D eigenvalue weighted by Gasteiger charge is -2.40. The van der Waals surface area contributed by atoms with Crippen LogP contribution in [0.5, 0.6) is 5.75 Å². The Kier molecular flexibility index (Phi) is 14.0. The quantitative estimate of drug-likeness (QED) is 0.114. The highest BCUT2D eigenvalue weighted by atomic mass is 32.2. The number of nitrogens with zero attached hydrogens (tertiary/aromatic N) is 8.